The van der Waals surface area contributed by atoms with E-state index in [2.05, 4.69) is 100 Å². The van der Waals surface area contributed by atoms with Gasteiger partial charge in [0, 0.05) is 15.4 Å². The largest absolute Gasteiger partial charge is 0.417 e. The van der Waals surface area contributed by atoms with Gasteiger partial charge in [-0.3, -0.25) is 0 Å². The highest BCUT2D eigenvalue weighted by Crippen LogP contribution is 2.24. The van der Waals surface area contributed by atoms with Gasteiger partial charge in [-0.05, 0) is 31.6 Å². The molecule has 2 rings (SSSR count). The average molecular weight is 401 g/mol. The first-order valence-corrected chi connectivity index (χ1v) is 18.9. The first-order valence-electron chi connectivity index (χ1n) is 9.98. The van der Waals surface area contributed by atoms with Gasteiger partial charge in [-0.1, -0.05) is 96.7 Å². The van der Waals surface area contributed by atoms with Crippen LogP contribution in [0.5, 0.6) is 0 Å². The molecule has 1 atom stereocenters. The molecule has 1 unspecified atom stereocenters. The molecule has 4 heteroatoms. The lowest BCUT2D eigenvalue weighted by atomic mass is 10.2. The van der Waals surface area contributed by atoms with Crippen molar-refractivity contribution in [1.82, 2.24) is 0 Å². The van der Waals surface area contributed by atoms with Crippen molar-refractivity contribution in [2.45, 2.75) is 51.4 Å². The summed E-state index contributed by atoms with van der Waals surface area (Å²) in [6.07, 6.45) is 0. The molecule has 1 nitrogen and oxygen atoms in total. The van der Waals surface area contributed by atoms with Crippen LogP contribution in [0.4, 0.5) is 0 Å². The predicted molar refractivity (Wildman–Crippen MR) is 125 cm³/mol. The molecule has 0 radical (unpaired) electrons. The standard InChI is InChI=1S/C22H36OSi3/c1-20(17-23-25(4,5)6)18-26(19-24(2)3,21-13-9-7-10-14-21)22-15-11-8-12-16-22/h7-16,20,24H,17-19H2,1-6H3. The van der Waals surface area contributed by atoms with Crippen LogP contribution in [0.25, 0.3) is 0 Å². The third-order valence-corrected chi connectivity index (χ3v) is 16.3. The second kappa shape index (κ2) is 9.31. The van der Waals surface area contributed by atoms with Crippen molar-refractivity contribution in [3.8, 4) is 0 Å². The van der Waals surface area contributed by atoms with Gasteiger partial charge in [-0.25, -0.2) is 0 Å². The molecule has 0 fully saturated rings. The molecule has 0 bridgehead atoms. The minimum atomic E-state index is -1.77. The van der Waals surface area contributed by atoms with Crippen molar-refractivity contribution in [2.75, 3.05) is 6.61 Å². The lowest BCUT2D eigenvalue weighted by Gasteiger charge is -2.37. The van der Waals surface area contributed by atoms with E-state index in [-0.39, 0.29) is 0 Å². The van der Waals surface area contributed by atoms with E-state index in [9.17, 15) is 0 Å². The molecule has 0 aliphatic rings. The van der Waals surface area contributed by atoms with Crippen LogP contribution in [-0.2, 0) is 4.43 Å². The van der Waals surface area contributed by atoms with Crippen molar-refractivity contribution in [1.29, 1.82) is 0 Å². The summed E-state index contributed by atoms with van der Waals surface area (Å²) in [6, 6.07) is 24.1. The summed E-state index contributed by atoms with van der Waals surface area (Å²) in [5.74, 6) is 0.599. The molecule has 142 valence electrons. The molecule has 0 aromatic heterocycles. The summed E-state index contributed by atoms with van der Waals surface area (Å²) in [7, 11) is -3.95. The average Bonchev–Trinajstić information content (AvgIpc) is 2.60. The van der Waals surface area contributed by atoms with E-state index in [1.807, 2.05) is 0 Å². The van der Waals surface area contributed by atoms with Gasteiger partial charge in [0.1, 0.15) is 8.07 Å². The first kappa shape index (κ1) is 21.4. The Labute approximate surface area is 164 Å². The topological polar surface area (TPSA) is 9.23 Å². The Hall–Kier alpha value is -0.949. The minimum Gasteiger partial charge on any atom is -0.417 e. The molecule has 26 heavy (non-hydrogen) atoms. The lowest BCUT2D eigenvalue weighted by molar-refractivity contribution is 0.264. The molecule has 0 heterocycles. The fourth-order valence-electron chi connectivity index (χ4n) is 3.98. The molecule has 0 N–H and O–H groups in total. The number of hydrogen-bond acceptors (Lipinski definition) is 1. The maximum absolute atomic E-state index is 6.29. The van der Waals surface area contributed by atoms with Crippen LogP contribution in [0.3, 0.4) is 0 Å². The second-order valence-corrected chi connectivity index (χ2v) is 21.8. The summed E-state index contributed by atoms with van der Waals surface area (Å²) in [4.78, 5) is 0. The van der Waals surface area contributed by atoms with Crippen LogP contribution in [0.1, 0.15) is 6.92 Å². The Kier molecular flexibility index (Phi) is 7.64. The summed E-state index contributed by atoms with van der Waals surface area (Å²) in [5.41, 5.74) is 1.43. The SMILES string of the molecule is CC(CO[Si](C)(C)C)C[Si](C[SiH](C)C)(c1ccccc1)c1ccccc1. The normalized spacial score (nSPS) is 13.8. The number of hydrogen-bond donors (Lipinski definition) is 0. The van der Waals surface area contributed by atoms with Crippen LogP contribution in [0, 0.1) is 5.92 Å². The first-order chi connectivity index (χ1) is 12.2. The van der Waals surface area contributed by atoms with Crippen molar-refractivity contribution in [3.05, 3.63) is 60.7 Å². The summed E-state index contributed by atoms with van der Waals surface area (Å²) >= 11 is 0. The molecule has 2 aromatic rings. The predicted octanol–water partition coefficient (Wildman–Crippen LogP) is 4.76. The smallest absolute Gasteiger partial charge is 0.183 e. The van der Waals surface area contributed by atoms with Gasteiger partial charge in [0.15, 0.2) is 8.32 Å². The zero-order valence-electron chi connectivity index (χ0n) is 17.5. The summed E-state index contributed by atoms with van der Waals surface area (Å²) in [6.45, 7) is 15.2. The van der Waals surface area contributed by atoms with Gasteiger partial charge in [-0.15, -0.1) is 0 Å². The van der Waals surface area contributed by atoms with E-state index >= 15 is 0 Å². The Bertz CT molecular complexity index is 611. The molecule has 0 aliphatic heterocycles. The zero-order chi connectivity index (χ0) is 19.2. The molecule has 0 saturated heterocycles. The van der Waals surface area contributed by atoms with Crippen LogP contribution in [0.15, 0.2) is 60.7 Å². The van der Waals surface area contributed by atoms with Gasteiger partial charge in [0.25, 0.3) is 0 Å². The van der Waals surface area contributed by atoms with Crippen molar-refractivity contribution in [2.24, 2.45) is 5.92 Å². The van der Waals surface area contributed by atoms with Gasteiger partial charge in [0.2, 0.25) is 0 Å². The quantitative estimate of drug-likeness (QED) is 0.551. The van der Waals surface area contributed by atoms with E-state index in [4.69, 9.17) is 4.43 Å². The van der Waals surface area contributed by atoms with E-state index < -0.39 is 25.2 Å². The van der Waals surface area contributed by atoms with E-state index in [1.165, 1.54) is 11.7 Å². The van der Waals surface area contributed by atoms with Crippen molar-refractivity contribution in [3.63, 3.8) is 0 Å². The van der Waals surface area contributed by atoms with Gasteiger partial charge >= 0.3 is 0 Å². The Balaban J connectivity index is 2.42. The molecule has 0 spiro atoms. The van der Waals surface area contributed by atoms with E-state index in [0.29, 0.717) is 5.92 Å². The van der Waals surface area contributed by atoms with E-state index in [0.717, 1.165) is 6.61 Å². The van der Waals surface area contributed by atoms with Gasteiger partial charge in [-0.2, -0.15) is 0 Å². The highest BCUT2D eigenvalue weighted by atomic mass is 28.4. The minimum absolute atomic E-state index is 0.599. The summed E-state index contributed by atoms with van der Waals surface area (Å²) < 4.78 is 6.29. The Morgan fingerprint density at radius 3 is 1.69 bits per heavy atom. The van der Waals surface area contributed by atoms with Crippen LogP contribution >= 0.6 is 0 Å². The van der Waals surface area contributed by atoms with Crippen molar-refractivity contribution >= 4 is 35.6 Å². The Morgan fingerprint density at radius 2 is 1.31 bits per heavy atom. The summed E-state index contributed by atoms with van der Waals surface area (Å²) in [5, 5.41) is 3.21. The van der Waals surface area contributed by atoms with Crippen LogP contribution in [0.2, 0.25) is 44.4 Å². The number of benzene rings is 2. The molecule has 0 aliphatic carbocycles. The maximum atomic E-state index is 6.29. The Morgan fingerprint density at radius 1 is 0.846 bits per heavy atom. The zero-order valence-corrected chi connectivity index (χ0v) is 20.6. The van der Waals surface area contributed by atoms with Gasteiger partial charge in [0.05, 0.1) is 0 Å². The molecule has 0 amide bonds. The highest BCUT2D eigenvalue weighted by molar-refractivity contribution is 7.07. The van der Waals surface area contributed by atoms with Gasteiger partial charge < -0.3 is 4.43 Å². The lowest BCUT2D eigenvalue weighted by Crippen LogP contribution is -2.60. The van der Waals surface area contributed by atoms with E-state index in [1.54, 1.807) is 10.4 Å². The van der Waals surface area contributed by atoms with Crippen LogP contribution in [-0.4, -0.2) is 31.8 Å². The molecular formula is C22H36OSi3. The monoisotopic (exact) mass is 400 g/mol. The number of rotatable bonds is 9. The fourth-order valence-corrected chi connectivity index (χ4v) is 16.7. The molecule has 2 aromatic carbocycles. The third kappa shape index (κ3) is 6.05. The van der Waals surface area contributed by atoms with Crippen LogP contribution < -0.4 is 10.4 Å². The highest BCUT2D eigenvalue weighted by Gasteiger charge is 2.39. The second-order valence-electron chi connectivity index (χ2n) is 9.14. The van der Waals surface area contributed by atoms with Crippen molar-refractivity contribution < 1.29 is 4.43 Å². The fraction of sp³-hybridized carbons (Fsp3) is 0.455. The molecular weight excluding hydrogens is 364 g/mol. The third-order valence-electron chi connectivity index (χ3n) is 4.91. The molecule has 0 saturated carbocycles. The maximum Gasteiger partial charge on any atom is 0.183 e.